The lowest BCUT2D eigenvalue weighted by Gasteiger charge is -2.23. The summed E-state index contributed by atoms with van der Waals surface area (Å²) in [6.07, 6.45) is 0. The molecule has 8 heteroatoms. The van der Waals surface area contributed by atoms with E-state index < -0.39 is 18.0 Å². The van der Waals surface area contributed by atoms with Crippen molar-refractivity contribution in [2.45, 2.75) is 32.9 Å². The predicted molar refractivity (Wildman–Crippen MR) is 125 cm³/mol. The van der Waals surface area contributed by atoms with E-state index in [0.29, 0.717) is 34.2 Å². The number of hydrogen-bond donors (Lipinski definition) is 2. The lowest BCUT2D eigenvalue weighted by Crippen LogP contribution is -2.50. The molecule has 0 saturated carbocycles. The number of carbonyl (C=O) groups is 2. The highest BCUT2D eigenvalue weighted by molar-refractivity contribution is 5.98. The molecule has 0 spiro atoms. The van der Waals surface area contributed by atoms with Crippen molar-refractivity contribution in [3.63, 3.8) is 0 Å². The van der Waals surface area contributed by atoms with Crippen LogP contribution in [0.2, 0.25) is 0 Å². The van der Waals surface area contributed by atoms with Crippen molar-refractivity contribution >= 4 is 22.8 Å². The molecule has 0 fully saturated rings. The lowest BCUT2D eigenvalue weighted by molar-refractivity contribution is -0.124. The SMILES string of the molecule is COc1cc(OC)cc(C(=O)NC(C(=O)NC(C)c2cc3cccc(OC)c3o2)C(C)C)c1. The Balaban J connectivity index is 1.76. The Morgan fingerprint density at radius 3 is 2.12 bits per heavy atom. The minimum Gasteiger partial charge on any atom is -0.497 e. The second kappa shape index (κ2) is 10.3. The van der Waals surface area contributed by atoms with Crippen molar-refractivity contribution in [3.8, 4) is 17.2 Å². The number of furan rings is 1. The average molecular weight is 455 g/mol. The third-order valence-electron chi connectivity index (χ3n) is 5.38. The number of carbonyl (C=O) groups excluding carboxylic acids is 2. The highest BCUT2D eigenvalue weighted by Crippen LogP contribution is 2.31. The first-order valence-electron chi connectivity index (χ1n) is 10.7. The summed E-state index contributed by atoms with van der Waals surface area (Å²) in [4.78, 5) is 26.0. The van der Waals surface area contributed by atoms with Gasteiger partial charge in [-0.3, -0.25) is 9.59 Å². The fourth-order valence-electron chi connectivity index (χ4n) is 3.50. The summed E-state index contributed by atoms with van der Waals surface area (Å²) < 4.78 is 21.7. The van der Waals surface area contributed by atoms with E-state index in [1.54, 1.807) is 25.3 Å². The van der Waals surface area contributed by atoms with Gasteiger partial charge in [-0.2, -0.15) is 0 Å². The van der Waals surface area contributed by atoms with Crippen molar-refractivity contribution < 1.29 is 28.2 Å². The molecular formula is C25H30N2O6. The molecule has 176 valence electrons. The summed E-state index contributed by atoms with van der Waals surface area (Å²) in [6.45, 7) is 5.56. The zero-order valence-electron chi connectivity index (χ0n) is 19.7. The summed E-state index contributed by atoms with van der Waals surface area (Å²) in [7, 11) is 4.60. The van der Waals surface area contributed by atoms with E-state index in [-0.39, 0.29) is 11.8 Å². The Kier molecular flexibility index (Phi) is 7.48. The van der Waals surface area contributed by atoms with Crippen molar-refractivity contribution in [3.05, 3.63) is 53.8 Å². The molecule has 3 aromatic rings. The third kappa shape index (κ3) is 5.39. The van der Waals surface area contributed by atoms with Crippen molar-refractivity contribution in [1.29, 1.82) is 0 Å². The Morgan fingerprint density at radius 1 is 0.879 bits per heavy atom. The molecule has 33 heavy (non-hydrogen) atoms. The lowest BCUT2D eigenvalue weighted by atomic mass is 10.0. The molecule has 0 aliphatic carbocycles. The monoisotopic (exact) mass is 454 g/mol. The zero-order valence-corrected chi connectivity index (χ0v) is 19.7. The molecule has 1 aromatic heterocycles. The summed E-state index contributed by atoms with van der Waals surface area (Å²) in [5.41, 5.74) is 0.957. The molecule has 3 rings (SSSR count). The largest absolute Gasteiger partial charge is 0.497 e. The van der Waals surface area contributed by atoms with Crippen LogP contribution in [0.3, 0.4) is 0 Å². The van der Waals surface area contributed by atoms with Gasteiger partial charge in [0.2, 0.25) is 5.91 Å². The van der Waals surface area contributed by atoms with Gasteiger partial charge in [0.05, 0.1) is 27.4 Å². The Bertz CT molecular complexity index is 1110. The standard InChI is InChI=1S/C25H30N2O6/c1-14(2)22(27-24(28)17-10-18(30-4)13-19(11-17)31-5)25(29)26-15(3)21-12-16-8-7-9-20(32-6)23(16)33-21/h7-15,22H,1-6H3,(H,26,29)(H,27,28). The molecule has 2 atom stereocenters. The first kappa shape index (κ1) is 24.0. The smallest absolute Gasteiger partial charge is 0.252 e. The van der Waals surface area contributed by atoms with Gasteiger partial charge >= 0.3 is 0 Å². The van der Waals surface area contributed by atoms with E-state index in [2.05, 4.69) is 10.6 Å². The van der Waals surface area contributed by atoms with Gasteiger partial charge in [0.1, 0.15) is 23.3 Å². The zero-order chi connectivity index (χ0) is 24.1. The maximum atomic E-state index is 13.1. The van der Waals surface area contributed by atoms with Crippen molar-refractivity contribution in [1.82, 2.24) is 10.6 Å². The minimum absolute atomic E-state index is 0.149. The normalized spacial score (nSPS) is 12.8. The molecule has 2 N–H and O–H groups in total. The second-order valence-corrected chi connectivity index (χ2v) is 8.05. The van der Waals surface area contributed by atoms with Gasteiger partial charge in [-0.25, -0.2) is 0 Å². The first-order valence-corrected chi connectivity index (χ1v) is 10.7. The number of benzene rings is 2. The number of hydrogen-bond acceptors (Lipinski definition) is 6. The molecular weight excluding hydrogens is 424 g/mol. The Labute approximate surface area is 193 Å². The quantitative estimate of drug-likeness (QED) is 0.505. The van der Waals surface area contributed by atoms with Crippen LogP contribution in [0.1, 0.15) is 42.9 Å². The van der Waals surface area contributed by atoms with Gasteiger partial charge in [-0.1, -0.05) is 26.0 Å². The number of amides is 2. The molecule has 0 radical (unpaired) electrons. The van der Waals surface area contributed by atoms with Crippen LogP contribution < -0.4 is 24.8 Å². The molecule has 2 aromatic carbocycles. The van der Waals surface area contributed by atoms with E-state index in [1.807, 2.05) is 45.0 Å². The van der Waals surface area contributed by atoms with Crippen LogP contribution >= 0.6 is 0 Å². The van der Waals surface area contributed by atoms with Gasteiger partial charge in [-0.05, 0) is 37.1 Å². The van der Waals surface area contributed by atoms with Crippen LogP contribution in [0.5, 0.6) is 17.2 Å². The average Bonchev–Trinajstić information content (AvgIpc) is 3.26. The Morgan fingerprint density at radius 2 is 1.55 bits per heavy atom. The molecule has 2 amide bonds. The second-order valence-electron chi connectivity index (χ2n) is 8.05. The first-order chi connectivity index (χ1) is 15.8. The van der Waals surface area contributed by atoms with E-state index in [1.165, 1.54) is 14.2 Å². The van der Waals surface area contributed by atoms with Gasteiger partial charge in [-0.15, -0.1) is 0 Å². The Hall–Kier alpha value is -3.68. The fourth-order valence-corrected chi connectivity index (χ4v) is 3.50. The number of fused-ring (bicyclic) bond motifs is 1. The highest BCUT2D eigenvalue weighted by Gasteiger charge is 2.27. The topological polar surface area (TPSA) is 99.0 Å². The molecule has 8 nitrogen and oxygen atoms in total. The van der Waals surface area contributed by atoms with Crippen LogP contribution in [0.15, 0.2) is 46.9 Å². The molecule has 1 heterocycles. The maximum Gasteiger partial charge on any atom is 0.252 e. The van der Waals surface area contributed by atoms with Crippen LogP contribution in [-0.4, -0.2) is 39.2 Å². The van der Waals surface area contributed by atoms with Crippen LogP contribution in [-0.2, 0) is 4.79 Å². The van der Waals surface area contributed by atoms with Gasteiger partial charge in [0.25, 0.3) is 5.91 Å². The van der Waals surface area contributed by atoms with E-state index in [0.717, 1.165) is 5.39 Å². The highest BCUT2D eigenvalue weighted by atomic mass is 16.5. The van der Waals surface area contributed by atoms with Crippen molar-refractivity contribution in [2.24, 2.45) is 5.92 Å². The van der Waals surface area contributed by atoms with Gasteiger partial charge in [0, 0.05) is 17.0 Å². The van der Waals surface area contributed by atoms with Crippen LogP contribution in [0.4, 0.5) is 0 Å². The number of rotatable bonds is 9. The van der Waals surface area contributed by atoms with E-state index in [9.17, 15) is 9.59 Å². The fraction of sp³-hybridized carbons (Fsp3) is 0.360. The summed E-state index contributed by atoms with van der Waals surface area (Å²) in [6, 6.07) is 11.2. The number of ether oxygens (including phenoxy) is 3. The number of nitrogens with one attached hydrogen (secondary N) is 2. The maximum absolute atomic E-state index is 13.1. The number of methoxy groups -OCH3 is 3. The molecule has 0 saturated heterocycles. The minimum atomic E-state index is -0.754. The van der Waals surface area contributed by atoms with E-state index in [4.69, 9.17) is 18.6 Å². The van der Waals surface area contributed by atoms with Gasteiger partial charge in [0.15, 0.2) is 11.3 Å². The molecule has 2 unspecified atom stereocenters. The van der Waals surface area contributed by atoms with Gasteiger partial charge < -0.3 is 29.3 Å². The summed E-state index contributed by atoms with van der Waals surface area (Å²) in [5.74, 6) is 1.32. The predicted octanol–water partition coefficient (Wildman–Crippen LogP) is 4.09. The molecule has 0 aliphatic heterocycles. The third-order valence-corrected chi connectivity index (χ3v) is 5.38. The van der Waals surface area contributed by atoms with Crippen LogP contribution in [0.25, 0.3) is 11.0 Å². The molecule has 0 aliphatic rings. The summed E-state index contributed by atoms with van der Waals surface area (Å²) in [5, 5.41) is 6.65. The summed E-state index contributed by atoms with van der Waals surface area (Å²) >= 11 is 0. The molecule has 0 bridgehead atoms. The van der Waals surface area contributed by atoms with E-state index >= 15 is 0 Å². The van der Waals surface area contributed by atoms with Crippen molar-refractivity contribution in [2.75, 3.05) is 21.3 Å². The van der Waals surface area contributed by atoms with Crippen LogP contribution in [0, 0.1) is 5.92 Å². The number of para-hydroxylation sites is 1.